The van der Waals surface area contributed by atoms with E-state index in [-0.39, 0.29) is 11.5 Å². The maximum absolute atomic E-state index is 13.1. The molecule has 0 radical (unpaired) electrons. The van der Waals surface area contributed by atoms with E-state index in [1.165, 1.54) is 6.07 Å². The van der Waals surface area contributed by atoms with Crippen molar-refractivity contribution in [1.82, 2.24) is 0 Å². The molecule has 0 atom stereocenters. The molecule has 1 aromatic carbocycles. The summed E-state index contributed by atoms with van der Waals surface area (Å²) >= 11 is 0. The van der Waals surface area contributed by atoms with Gasteiger partial charge in [-0.25, -0.2) is 4.39 Å². The van der Waals surface area contributed by atoms with Gasteiger partial charge in [0.1, 0.15) is 5.82 Å². The van der Waals surface area contributed by atoms with Gasteiger partial charge >= 0.3 is 0 Å². The predicted octanol–water partition coefficient (Wildman–Crippen LogP) is 2.88. The SMILES string of the molecule is C=C(N)c1cc(C(C)C)ccc1F. The highest BCUT2D eigenvalue weighted by Gasteiger charge is 2.06. The number of hydrogen-bond donors (Lipinski definition) is 1. The molecule has 1 rings (SSSR count). The van der Waals surface area contributed by atoms with Crippen LogP contribution in [0.15, 0.2) is 24.8 Å². The first-order chi connectivity index (χ1) is 6.02. The Morgan fingerprint density at radius 2 is 2.08 bits per heavy atom. The summed E-state index contributed by atoms with van der Waals surface area (Å²) in [7, 11) is 0. The third-order valence-corrected chi connectivity index (χ3v) is 2.00. The van der Waals surface area contributed by atoms with Crippen LogP contribution < -0.4 is 5.73 Å². The van der Waals surface area contributed by atoms with E-state index < -0.39 is 0 Å². The Kier molecular flexibility index (Phi) is 2.71. The number of benzene rings is 1. The van der Waals surface area contributed by atoms with Crippen molar-refractivity contribution >= 4 is 5.70 Å². The molecule has 70 valence electrons. The van der Waals surface area contributed by atoms with E-state index in [9.17, 15) is 4.39 Å². The van der Waals surface area contributed by atoms with Crippen molar-refractivity contribution in [2.75, 3.05) is 0 Å². The average Bonchev–Trinajstić information content (AvgIpc) is 2.04. The molecule has 0 saturated carbocycles. The van der Waals surface area contributed by atoms with E-state index in [2.05, 4.69) is 20.4 Å². The molecule has 0 spiro atoms. The topological polar surface area (TPSA) is 26.0 Å². The standard InChI is InChI=1S/C11H14FN/c1-7(2)9-4-5-11(12)10(6-9)8(3)13/h4-7H,3,13H2,1-2H3. The molecular weight excluding hydrogens is 165 g/mol. The summed E-state index contributed by atoms with van der Waals surface area (Å²) in [5.41, 5.74) is 7.21. The predicted molar refractivity (Wildman–Crippen MR) is 53.7 cm³/mol. The van der Waals surface area contributed by atoms with Crippen LogP contribution in [-0.2, 0) is 0 Å². The second kappa shape index (κ2) is 3.60. The first kappa shape index (κ1) is 9.78. The van der Waals surface area contributed by atoms with Crippen LogP contribution in [0.5, 0.6) is 0 Å². The van der Waals surface area contributed by atoms with Crippen molar-refractivity contribution in [2.45, 2.75) is 19.8 Å². The van der Waals surface area contributed by atoms with Crippen molar-refractivity contribution in [1.29, 1.82) is 0 Å². The van der Waals surface area contributed by atoms with Gasteiger partial charge < -0.3 is 5.73 Å². The Morgan fingerprint density at radius 3 is 2.54 bits per heavy atom. The average molecular weight is 179 g/mol. The number of hydrogen-bond acceptors (Lipinski definition) is 1. The first-order valence-corrected chi connectivity index (χ1v) is 4.26. The van der Waals surface area contributed by atoms with Crippen LogP contribution in [0.3, 0.4) is 0 Å². The van der Waals surface area contributed by atoms with Crippen molar-refractivity contribution in [2.24, 2.45) is 5.73 Å². The van der Waals surface area contributed by atoms with Gasteiger partial charge in [0, 0.05) is 11.3 Å². The summed E-state index contributed by atoms with van der Waals surface area (Å²) in [4.78, 5) is 0. The summed E-state index contributed by atoms with van der Waals surface area (Å²) in [6.45, 7) is 7.63. The lowest BCUT2D eigenvalue weighted by atomic mass is 10.00. The lowest BCUT2D eigenvalue weighted by Gasteiger charge is -2.08. The lowest BCUT2D eigenvalue weighted by molar-refractivity contribution is 0.622. The van der Waals surface area contributed by atoms with Gasteiger partial charge in [0.05, 0.1) is 0 Å². The molecular formula is C11H14FN. The smallest absolute Gasteiger partial charge is 0.132 e. The van der Waals surface area contributed by atoms with E-state index in [1.807, 2.05) is 0 Å². The zero-order valence-corrected chi connectivity index (χ0v) is 7.97. The van der Waals surface area contributed by atoms with Crippen LogP contribution in [0, 0.1) is 5.82 Å². The van der Waals surface area contributed by atoms with Crippen LogP contribution in [0.25, 0.3) is 5.70 Å². The maximum atomic E-state index is 13.1. The Balaban J connectivity index is 3.19. The normalized spacial score (nSPS) is 10.5. The highest BCUT2D eigenvalue weighted by atomic mass is 19.1. The van der Waals surface area contributed by atoms with Crippen LogP contribution >= 0.6 is 0 Å². The molecule has 0 unspecified atom stereocenters. The molecule has 2 N–H and O–H groups in total. The molecule has 0 aliphatic rings. The van der Waals surface area contributed by atoms with Gasteiger partial charge in [0.25, 0.3) is 0 Å². The van der Waals surface area contributed by atoms with Gasteiger partial charge in [-0.05, 0) is 23.6 Å². The Labute approximate surface area is 78.1 Å². The van der Waals surface area contributed by atoms with Crippen LogP contribution in [-0.4, -0.2) is 0 Å². The molecule has 1 nitrogen and oxygen atoms in total. The van der Waals surface area contributed by atoms with Crippen molar-refractivity contribution in [3.63, 3.8) is 0 Å². The molecule has 0 amide bonds. The highest BCUT2D eigenvalue weighted by molar-refractivity contribution is 5.61. The maximum Gasteiger partial charge on any atom is 0.132 e. The fourth-order valence-corrected chi connectivity index (χ4v) is 1.15. The molecule has 0 aromatic heterocycles. The zero-order valence-electron chi connectivity index (χ0n) is 7.97. The molecule has 13 heavy (non-hydrogen) atoms. The van der Waals surface area contributed by atoms with Gasteiger partial charge in [0.2, 0.25) is 0 Å². The fraction of sp³-hybridized carbons (Fsp3) is 0.273. The largest absolute Gasteiger partial charge is 0.399 e. The van der Waals surface area contributed by atoms with E-state index >= 15 is 0 Å². The third-order valence-electron chi connectivity index (χ3n) is 2.00. The number of nitrogens with two attached hydrogens (primary N) is 1. The second-order valence-corrected chi connectivity index (χ2v) is 3.42. The van der Waals surface area contributed by atoms with E-state index in [0.717, 1.165) is 5.56 Å². The van der Waals surface area contributed by atoms with Gasteiger partial charge in [-0.2, -0.15) is 0 Å². The Hall–Kier alpha value is -1.31. The summed E-state index contributed by atoms with van der Waals surface area (Å²) in [5.74, 6) is 0.0654. The fourth-order valence-electron chi connectivity index (χ4n) is 1.15. The molecule has 0 heterocycles. The van der Waals surface area contributed by atoms with E-state index in [0.29, 0.717) is 11.5 Å². The molecule has 0 aliphatic carbocycles. The molecule has 0 fully saturated rings. The number of rotatable bonds is 2. The van der Waals surface area contributed by atoms with Crippen molar-refractivity contribution < 1.29 is 4.39 Å². The Bertz CT molecular complexity index is 329. The molecule has 1 aromatic rings. The second-order valence-electron chi connectivity index (χ2n) is 3.42. The van der Waals surface area contributed by atoms with Crippen LogP contribution in [0.2, 0.25) is 0 Å². The Morgan fingerprint density at radius 1 is 1.46 bits per heavy atom. The minimum absolute atomic E-state index is 0.278. The van der Waals surface area contributed by atoms with Crippen molar-refractivity contribution in [3.05, 3.63) is 41.7 Å². The molecule has 0 aliphatic heterocycles. The lowest BCUT2D eigenvalue weighted by Crippen LogP contribution is -1.99. The van der Waals surface area contributed by atoms with Crippen LogP contribution in [0.1, 0.15) is 30.9 Å². The monoisotopic (exact) mass is 179 g/mol. The quantitative estimate of drug-likeness (QED) is 0.742. The van der Waals surface area contributed by atoms with Crippen molar-refractivity contribution in [3.8, 4) is 0 Å². The molecule has 0 saturated heterocycles. The van der Waals surface area contributed by atoms with E-state index in [4.69, 9.17) is 5.73 Å². The molecule has 0 bridgehead atoms. The van der Waals surface area contributed by atoms with E-state index in [1.54, 1.807) is 12.1 Å². The highest BCUT2D eigenvalue weighted by Crippen LogP contribution is 2.20. The minimum atomic E-state index is -0.308. The van der Waals surface area contributed by atoms with Gasteiger partial charge in [-0.3, -0.25) is 0 Å². The third kappa shape index (κ3) is 2.08. The first-order valence-electron chi connectivity index (χ1n) is 4.26. The van der Waals surface area contributed by atoms with Gasteiger partial charge in [0.15, 0.2) is 0 Å². The van der Waals surface area contributed by atoms with Crippen LogP contribution in [0.4, 0.5) is 4.39 Å². The minimum Gasteiger partial charge on any atom is -0.399 e. The number of halogens is 1. The summed E-state index contributed by atoms with van der Waals surface area (Å²) in [6.07, 6.45) is 0. The zero-order chi connectivity index (χ0) is 10.0. The van der Waals surface area contributed by atoms with Gasteiger partial charge in [-0.15, -0.1) is 0 Å². The molecule has 2 heteroatoms. The summed E-state index contributed by atoms with van der Waals surface area (Å²) in [6, 6.07) is 4.96. The van der Waals surface area contributed by atoms with Gasteiger partial charge in [-0.1, -0.05) is 26.5 Å². The summed E-state index contributed by atoms with van der Waals surface area (Å²) in [5, 5.41) is 0. The summed E-state index contributed by atoms with van der Waals surface area (Å²) < 4.78 is 13.1.